The van der Waals surface area contributed by atoms with Crippen molar-refractivity contribution in [3.05, 3.63) is 0 Å². The molecule has 0 unspecified atom stereocenters. The van der Waals surface area contributed by atoms with E-state index in [1.165, 1.54) is 122 Å². The smallest absolute Gasteiger partial charge is 0.0291 e. The van der Waals surface area contributed by atoms with E-state index in [9.17, 15) is 0 Å². The maximum atomic E-state index is 4.72. The van der Waals surface area contributed by atoms with Gasteiger partial charge in [-0.05, 0) is 12.8 Å². The lowest BCUT2D eigenvalue weighted by Crippen LogP contribution is -1.84. The quantitative estimate of drug-likeness (QED) is 0.158. The summed E-state index contributed by atoms with van der Waals surface area (Å²) in [6, 6.07) is 0. The average Bonchev–Trinajstić information content (AvgIpc) is 2.57. The van der Waals surface area contributed by atoms with Crippen LogP contribution in [0.1, 0.15) is 135 Å². The molecule has 0 aromatic heterocycles. The third-order valence-electron chi connectivity index (χ3n) is 4.88. The molecule has 1 radical (unpaired) electrons. The minimum atomic E-state index is 1.01. The molecule has 0 atom stereocenters. The Morgan fingerprint density at radius 3 is 0.957 bits per heavy atom. The molecule has 0 rings (SSSR count). The van der Waals surface area contributed by atoms with Crippen LogP contribution in [-0.2, 0) is 0 Å². The van der Waals surface area contributed by atoms with E-state index >= 15 is 0 Å². The lowest BCUT2D eigenvalue weighted by molar-refractivity contribution is 0.524. The van der Waals surface area contributed by atoms with Gasteiger partial charge in [-0.25, -0.2) is 0 Å². The van der Waals surface area contributed by atoms with Crippen LogP contribution in [0, 0.1) is 0 Å². The first-order valence-electron chi connectivity index (χ1n) is 10.8. The third kappa shape index (κ3) is 22.1. The van der Waals surface area contributed by atoms with Crippen LogP contribution in [-0.4, -0.2) is 5.37 Å². The summed E-state index contributed by atoms with van der Waals surface area (Å²) in [6.45, 7) is 2.30. The van der Waals surface area contributed by atoms with Gasteiger partial charge < -0.3 is 0 Å². The van der Waals surface area contributed by atoms with Gasteiger partial charge in [0.2, 0.25) is 0 Å². The molecule has 0 bridgehead atoms. The highest BCUT2D eigenvalue weighted by Crippen LogP contribution is 2.14. The number of rotatable bonds is 20. The fourth-order valence-electron chi connectivity index (χ4n) is 3.28. The predicted molar refractivity (Wildman–Crippen MR) is 111 cm³/mol. The molecule has 0 aliphatic carbocycles. The Morgan fingerprint density at radius 2 is 0.696 bits per heavy atom. The first kappa shape index (κ1) is 23.1. The average molecular weight is 340 g/mol. The minimum absolute atomic E-state index is 1.01. The van der Waals surface area contributed by atoms with Gasteiger partial charge in [-0.3, -0.25) is 0 Å². The van der Waals surface area contributed by atoms with Crippen LogP contribution in [0.2, 0.25) is 0 Å². The third-order valence-corrected chi connectivity index (χ3v) is 5.09. The van der Waals surface area contributed by atoms with Crippen molar-refractivity contribution in [1.29, 1.82) is 0 Å². The zero-order valence-corrected chi connectivity index (χ0v) is 16.9. The number of thiocarbonyl (C=S) groups is 1. The van der Waals surface area contributed by atoms with E-state index in [0.717, 1.165) is 6.42 Å². The molecule has 0 spiro atoms. The number of unbranched alkanes of at least 4 members (excludes halogenated alkanes) is 19. The molecule has 137 valence electrons. The lowest BCUT2D eigenvalue weighted by Gasteiger charge is -2.03. The highest BCUT2D eigenvalue weighted by atomic mass is 32.1. The second kappa shape index (κ2) is 22.1. The van der Waals surface area contributed by atoms with Crippen molar-refractivity contribution in [2.75, 3.05) is 0 Å². The van der Waals surface area contributed by atoms with E-state index in [1.807, 2.05) is 0 Å². The summed E-state index contributed by atoms with van der Waals surface area (Å²) in [5, 5.41) is 2.81. The summed E-state index contributed by atoms with van der Waals surface area (Å²) in [5.41, 5.74) is 0. The van der Waals surface area contributed by atoms with Crippen molar-refractivity contribution in [3.63, 3.8) is 0 Å². The topological polar surface area (TPSA) is 0 Å². The largest absolute Gasteiger partial charge is 0.0837 e. The normalized spacial score (nSPS) is 11.0. The van der Waals surface area contributed by atoms with Crippen LogP contribution in [0.15, 0.2) is 0 Å². The summed E-state index contributed by atoms with van der Waals surface area (Å²) >= 11 is 4.72. The summed E-state index contributed by atoms with van der Waals surface area (Å²) in [5.74, 6) is 0. The molecule has 0 amide bonds. The molecule has 0 N–H and O–H groups in total. The predicted octanol–water partition coefficient (Wildman–Crippen LogP) is 8.69. The molecule has 0 aromatic rings. The highest BCUT2D eigenvalue weighted by Gasteiger charge is 1.95. The standard InChI is InChI=1S/C22H43S/c1-2-3-4-5-6-7-8-9-10-11-12-13-14-15-16-17-18-19-20-21-22-23/h2-21H2,1H3. The molecular formula is C22H43S. The molecule has 0 saturated heterocycles. The molecule has 23 heavy (non-hydrogen) atoms. The van der Waals surface area contributed by atoms with E-state index < -0.39 is 0 Å². The van der Waals surface area contributed by atoms with Gasteiger partial charge in [-0.1, -0.05) is 135 Å². The highest BCUT2D eigenvalue weighted by molar-refractivity contribution is 7.78. The van der Waals surface area contributed by atoms with E-state index in [4.69, 9.17) is 12.2 Å². The first-order chi connectivity index (χ1) is 11.4. The Hall–Kier alpha value is 0.0900. The minimum Gasteiger partial charge on any atom is -0.0837 e. The summed E-state index contributed by atoms with van der Waals surface area (Å²) in [7, 11) is 0. The van der Waals surface area contributed by atoms with Crippen LogP contribution in [0.4, 0.5) is 0 Å². The molecule has 0 aliphatic heterocycles. The number of hydrogen-bond acceptors (Lipinski definition) is 1. The molecule has 0 aliphatic rings. The van der Waals surface area contributed by atoms with Gasteiger partial charge in [0, 0.05) is 5.37 Å². The monoisotopic (exact) mass is 339 g/mol. The van der Waals surface area contributed by atoms with Gasteiger partial charge in [-0.15, -0.1) is 0 Å². The van der Waals surface area contributed by atoms with Gasteiger partial charge in [0.25, 0.3) is 0 Å². The maximum Gasteiger partial charge on any atom is 0.0291 e. The van der Waals surface area contributed by atoms with Crippen molar-refractivity contribution in [2.45, 2.75) is 135 Å². The van der Waals surface area contributed by atoms with Gasteiger partial charge in [0.1, 0.15) is 0 Å². The Morgan fingerprint density at radius 1 is 0.435 bits per heavy atom. The molecule has 0 nitrogen and oxygen atoms in total. The fraction of sp³-hybridized carbons (Fsp3) is 0.955. The SMILES string of the molecule is CCCCCCCCCCCCCCCCCCCCC[C]=S. The van der Waals surface area contributed by atoms with Gasteiger partial charge in [0.15, 0.2) is 0 Å². The summed E-state index contributed by atoms with van der Waals surface area (Å²) in [6.07, 6.45) is 28.3. The fourth-order valence-corrected chi connectivity index (χ4v) is 3.42. The van der Waals surface area contributed by atoms with Crippen LogP contribution in [0.25, 0.3) is 0 Å². The van der Waals surface area contributed by atoms with Gasteiger partial charge >= 0.3 is 0 Å². The Balaban J connectivity index is 2.93. The summed E-state index contributed by atoms with van der Waals surface area (Å²) < 4.78 is 0. The zero-order chi connectivity index (χ0) is 16.8. The van der Waals surface area contributed by atoms with Crippen molar-refractivity contribution in [2.24, 2.45) is 0 Å². The Bertz CT molecular complexity index is 212. The second-order valence-corrected chi connectivity index (χ2v) is 7.55. The first-order valence-corrected chi connectivity index (χ1v) is 11.2. The van der Waals surface area contributed by atoms with Crippen molar-refractivity contribution >= 4 is 17.6 Å². The molecule has 0 fully saturated rings. The van der Waals surface area contributed by atoms with Crippen LogP contribution >= 0.6 is 12.2 Å². The van der Waals surface area contributed by atoms with Crippen LogP contribution < -0.4 is 0 Å². The maximum absolute atomic E-state index is 4.72. The molecule has 0 saturated carbocycles. The lowest BCUT2D eigenvalue weighted by atomic mass is 10.0. The number of hydrogen-bond donors (Lipinski definition) is 0. The summed E-state index contributed by atoms with van der Waals surface area (Å²) in [4.78, 5) is 0. The second-order valence-electron chi connectivity index (χ2n) is 7.26. The molecular weight excluding hydrogens is 296 g/mol. The molecule has 1 heteroatoms. The van der Waals surface area contributed by atoms with E-state index in [-0.39, 0.29) is 0 Å². The zero-order valence-electron chi connectivity index (χ0n) is 16.1. The Kier molecular flexibility index (Phi) is 22.2. The molecule has 0 aromatic carbocycles. The van der Waals surface area contributed by atoms with E-state index in [2.05, 4.69) is 12.3 Å². The van der Waals surface area contributed by atoms with Crippen molar-refractivity contribution < 1.29 is 0 Å². The van der Waals surface area contributed by atoms with Crippen molar-refractivity contribution in [3.8, 4) is 0 Å². The van der Waals surface area contributed by atoms with Gasteiger partial charge in [-0.2, -0.15) is 0 Å². The van der Waals surface area contributed by atoms with Crippen LogP contribution in [0.3, 0.4) is 0 Å². The van der Waals surface area contributed by atoms with Crippen molar-refractivity contribution in [1.82, 2.24) is 0 Å². The van der Waals surface area contributed by atoms with Gasteiger partial charge in [0.05, 0.1) is 0 Å². The Labute approximate surface area is 153 Å². The van der Waals surface area contributed by atoms with E-state index in [1.54, 1.807) is 0 Å². The van der Waals surface area contributed by atoms with Crippen LogP contribution in [0.5, 0.6) is 0 Å². The van der Waals surface area contributed by atoms with E-state index in [0.29, 0.717) is 0 Å². The molecule has 0 heterocycles.